The predicted molar refractivity (Wildman–Crippen MR) is 92.8 cm³/mol. The number of nitrogens with one attached hydrogen (secondary N) is 1. The Labute approximate surface area is 136 Å². The molecular weight excluding hydrogens is 286 g/mol. The fraction of sp³-hybridized carbons (Fsp3) is 0.263. The van der Waals surface area contributed by atoms with E-state index in [-0.39, 0.29) is 12.3 Å². The Hall–Kier alpha value is -2.62. The van der Waals surface area contributed by atoms with Crippen LogP contribution in [-0.2, 0) is 11.2 Å². The molecule has 0 saturated carbocycles. The second-order valence-corrected chi connectivity index (χ2v) is 6.16. The molecule has 1 aromatic carbocycles. The summed E-state index contributed by atoms with van der Waals surface area (Å²) in [5.74, 6) is 0.435. The lowest BCUT2D eigenvalue weighted by atomic mass is 10.0. The molecule has 0 aliphatic heterocycles. The van der Waals surface area contributed by atoms with E-state index >= 15 is 0 Å². The van der Waals surface area contributed by atoms with Crippen molar-refractivity contribution in [3.8, 4) is 0 Å². The molecule has 3 aromatic rings. The van der Waals surface area contributed by atoms with Gasteiger partial charge in [-0.05, 0) is 42.2 Å². The number of rotatable bonds is 4. The first-order chi connectivity index (χ1) is 11.0. The summed E-state index contributed by atoms with van der Waals surface area (Å²) in [6.45, 7) is 6.32. The molecule has 118 valence electrons. The highest BCUT2D eigenvalue weighted by Crippen LogP contribution is 2.17. The molecule has 0 radical (unpaired) electrons. The monoisotopic (exact) mass is 307 g/mol. The van der Waals surface area contributed by atoms with Crippen LogP contribution in [0, 0.1) is 6.92 Å². The molecule has 1 amide bonds. The fourth-order valence-corrected chi connectivity index (χ4v) is 2.61. The van der Waals surface area contributed by atoms with Gasteiger partial charge in [0.15, 0.2) is 0 Å². The Kier molecular flexibility index (Phi) is 4.15. The van der Waals surface area contributed by atoms with E-state index in [1.807, 2.05) is 48.0 Å². The van der Waals surface area contributed by atoms with E-state index in [4.69, 9.17) is 0 Å². The third kappa shape index (κ3) is 3.42. The zero-order valence-electron chi connectivity index (χ0n) is 13.7. The molecule has 0 unspecified atom stereocenters. The van der Waals surface area contributed by atoms with E-state index in [0.29, 0.717) is 5.92 Å². The van der Waals surface area contributed by atoms with Crippen LogP contribution >= 0.6 is 0 Å². The lowest BCUT2D eigenvalue weighted by Crippen LogP contribution is -2.14. The summed E-state index contributed by atoms with van der Waals surface area (Å²) in [7, 11) is 0. The van der Waals surface area contributed by atoms with Crippen LogP contribution < -0.4 is 5.32 Å². The van der Waals surface area contributed by atoms with Crippen LogP contribution in [0.1, 0.15) is 36.6 Å². The van der Waals surface area contributed by atoms with Crippen molar-refractivity contribution in [1.29, 1.82) is 0 Å². The van der Waals surface area contributed by atoms with Crippen LogP contribution in [-0.4, -0.2) is 15.3 Å². The number of nitrogens with zero attached hydrogens (tertiary/aromatic N) is 2. The van der Waals surface area contributed by atoms with Crippen LogP contribution in [0.15, 0.2) is 48.8 Å². The Morgan fingerprint density at radius 3 is 2.61 bits per heavy atom. The van der Waals surface area contributed by atoms with E-state index in [0.717, 1.165) is 22.6 Å². The first-order valence-electron chi connectivity index (χ1n) is 7.86. The number of pyridine rings is 1. The number of anilines is 1. The van der Waals surface area contributed by atoms with Crippen molar-refractivity contribution in [2.24, 2.45) is 0 Å². The van der Waals surface area contributed by atoms with Gasteiger partial charge in [-0.1, -0.05) is 32.0 Å². The maximum atomic E-state index is 12.2. The molecular formula is C19H21N3O. The highest BCUT2D eigenvalue weighted by Gasteiger charge is 2.09. The Morgan fingerprint density at radius 1 is 1.22 bits per heavy atom. The molecule has 4 heteroatoms. The molecule has 4 nitrogen and oxygen atoms in total. The zero-order valence-corrected chi connectivity index (χ0v) is 13.7. The van der Waals surface area contributed by atoms with Gasteiger partial charge in [0, 0.05) is 18.1 Å². The Morgan fingerprint density at radius 2 is 1.96 bits per heavy atom. The van der Waals surface area contributed by atoms with Crippen LogP contribution in [0.25, 0.3) is 5.65 Å². The number of hydrogen-bond donors (Lipinski definition) is 1. The van der Waals surface area contributed by atoms with Crippen LogP contribution in [0.5, 0.6) is 0 Å². The highest BCUT2D eigenvalue weighted by atomic mass is 16.1. The molecule has 3 rings (SSSR count). The first kappa shape index (κ1) is 15.3. The van der Waals surface area contributed by atoms with Crippen LogP contribution in [0.4, 0.5) is 5.69 Å². The third-order valence-electron chi connectivity index (χ3n) is 3.93. The third-order valence-corrected chi connectivity index (χ3v) is 3.93. The van der Waals surface area contributed by atoms with Gasteiger partial charge in [-0.15, -0.1) is 0 Å². The summed E-state index contributed by atoms with van der Waals surface area (Å²) >= 11 is 0. The van der Waals surface area contributed by atoms with Crippen molar-refractivity contribution in [3.63, 3.8) is 0 Å². The summed E-state index contributed by atoms with van der Waals surface area (Å²) in [6.07, 6.45) is 4.12. The summed E-state index contributed by atoms with van der Waals surface area (Å²) in [6, 6.07) is 12.0. The SMILES string of the molecule is Cc1cccn2cc(CC(=O)Nc3ccc(C(C)C)cc3)nc12. The van der Waals surface area contributed by atoms with Gasteiger partial charge in [-0.3, -0.25) is 4.79 Å². The Bertz CT molecular complexity index is 831. The van der Waals surface area contributed by atoms with E-state index in [2.05, 4.69) is 36.3 Å². The van der Waals surface area contributed by atoms with Crippen molar-refractivity contribution in [2.75, 3.05) is 5.32 Å². The van der Waals surface area contributed by atoms with Crippen molar-refractivity contribution in [3.05, 3.63) is 65.6 Å². The first-order valence-corrected chi connectivity index (χ1v) is 7.86. The Balaban J connectivity index is 1.69. The van der Waals surface area contributed by atoms with Gasteiger partial charge in [0.25, 0.3) is 0 Å². The number of aromatic nitrogens is 2. The minimum absolute atomic E-state index is 0.0524. The zero-order chi connectivity index (χ0) is 16.4. The number of amides is 1. The molecule has 2 aromatic heterocycles. The van der Waals surface area contributed by atoms with Gasteiger partial charge in [0.1, 0.15) is 5.65 Å². The minimum atomic E-state index is -0.0524. The van der Waals surface area contributed by atoms with Gasteiger partial charge in [0.2, 0.25) is 5.91 Å². The van der Waals surface area contributed by atoms with Gasteiger partial charge in [-0.25, -0.2) is 4.98 Å². The van der Waals surface area contributed by atoms with Gasteiger partial charge >= 0.3 is 0 Å². The number of imidazole rings is 1. The maximum Gasteiger partial charge on any atom is 0.230 e. The smallest absolute Gasteiger partial charge is 0.230 e. The number of carbonyl (C=O) groups is 1. The maximum absolute atomic E-state index is 12.2. The molecule has 0 aliphatic rings. The summed E-state index contributed by atoms with van der Waals surface area (Å²) in [5.41, 5.74) is 4.86. The summed E-state index contributed by atoms with van der Waals surface area (Å²) in [5, 5.41) is 2.93. The lowest BCUT2D eigenvalue weighted by molar-refractivity contribution is -0.115. The molecule has 23 heavy (non-hydrogen) atoms. The lowest BCUT2D eigenvalue weighted by Gasteiger charge is -2.08. The number of fused-ring (bicyclic) bond motifs is 1. The van der Waals surface area contributed by atoms with Crippen molar-refractivity contribution >= 4 is 17.2 Å². The number of aryl methyl sites for hydroxylation is 1. The topological polar surface area (TPSA) is 46.4 Å². The van der Waals surface area contributed by atoms with E-state index in [1.54, 1.807) is 0 Å². The molecule has 1 N–H and O–H groups in total. The number of hydrogen-bond acceptors (Lipinski definition) is 2. The summed E-state index contributed by atoms with van der Waals surface area (Å²) < 4.78 is 1.95. The van der Waals surface area contributed by atoms with E-state index in [1.165, 1.54) is 5.56 Å². The number of carbonyl (C=O) groups excluding carboxylic acids is 1. The standard InChI is InChI=1S/C19H21N3O/c1-13(2)15-6-8-16(9-7-15)20-18(23)11-17-12-22-10-4-5-14(3)19(22)21-17/h4-10,12-13H,11H2,1-3H3,(H,20,23). The molecule has 0 bridgehead atoms. The van der Waals surface area contributed by atoms with Gasteiger partial charge in [-0.2, -0.15) is 0 Å². The van der Waals surface area contributed by atoms with Crippen LogP contribution in [0.2, 0.25) is 0 Å². The molecule has 0 atom stereocenters. The summed E-state index contributed by atoms with van der Waals surface area (Å²) in [4.78, 5) is 16.7. The predicted octanol–water partition coefficient (Wildman–Crippen LogP) is 3.95. The van der Waals surface area contributed by atoms with Crippen molar-refractivity contribution < 1.29 is 4.79 Å². The van der Waals surface area contributed by atoms with E-state index in [9.17, 15) is 4.79 Å². The quantitative estimate of drug-likeness (QED) is 0.793. The van der Waals surface area contributed by atoms with Gasteiger partial charge < -0.3 is 9.72 Å². The average Bonchev–Trinajstić information content (AvgIpc) is 2.91. The molecule has 0 fully saturated rings. The second kappa shape index (κ2) is 6.24. The number of benzene rings is 1. The molecule has 0 saturated heterocycles. The second-order valence-electron chi connectivity index (χ2n) is 6.16. The molecule has 0 spiro atoms. The highest BCUT2D eigenvalue weighted by molar-refractivity contribution is 5.92. The average molecular weight is 307 g/mol. The largest absolute Gasteiger partial charge is 0.326 e. The van der Waals surface area contributed by atoms with Crippen molar-refractivity contribution in [1.82, 2.24) is 9.38 Å². The van der Waals surface area contributed by atoms with Crippen LogP contribution in [0.3, 0.4) is 0 Å². The van der Waals surface area contributed by atoms with E-state index < -0.39 is 0 Å². The van der Waals surface area contributed by atoms with Crippen molar-refractivity contribution in [2.45, 2.75) is 33.1 Å². The minimum Gasteiger partial charge on any atom is -0.326 e. The molecule has 0 aliphatic carbocycles. The normalized spacial score (nSPS) is 11.1. The fourth-order valence-electron chi connectivity index (χ4n) is 2.61. The molecule has 2 heterocycles. The van der Waals surface area contributed by atoms with Gasteiger partial charge in [0.05, 0.1) is 12.1 Å².